The molecule has 1 amide bonds. The summed E-state index contributed by atoms with van der Waals surface area (Å²) in [7, 11) is 0. The summed E-state index contributed by atoms with van der Waals surface area (Å²) < 4.78 is 11.4. The van der Waals surface area contributed by atoms with Crippen molar-refractivity contribution in [3.8, 4) is 0 Å². The average molecular weight is 949 g/mol. The first-order chi connectivity index (χ1) is 32.9. The van der Waals surface area contributed by atoms with E-state index < -0.39 is 0 Å². The molecule has 396 valence electrons. The molecule has 1 rings (SSSR count). The molecule has 1 fully saturated rings. The van der Waals surface area contributed by atoms with Gasteiger partial charge in [-0.2, -0.15) is 0 Å². The van der Waals surface area contributed by atoms with Crippen molar-refractivity contribution >= 4 is 17.8 Å². The van der Waals surface area contributed by atoms with E-state index >= 15 is 0 Å². The molecule has 0 aromatic rings. The van der Waals surface area contributed by atoms with Crippen molar-refractivity contribution in [3.63, 3.8) is 0 Å². The lowest BCUT2D eigenvalue weighted by Crippen LogP contribution is -2.37. The monoisotopic (exact) mass is 948 g/mol. The number of aliphatic hydroxyl groups excluding tert-OH is 1. The lowest BCUT2D eigenvalue weighted by Gasteiger charge is -2.31. The molecule has 67 heavy (non-hydrogen) atoms. The maximum absolute atomic E-state index is 13.0. The van der Waals surface area contributed by atoms with Crippen molar-refractivity contribution in [2.24, 2.45) is 11.8 Å². The first kappa shape index (κ1) is 63.3. The summed E-state index contributed by atoms with van der Waals surface area (Å²) in [4.78, 5) is 43.3. The van der Waals surface area contributed by atoms with Gasteiger partial charge in [0.05, 0.1) is 19.8 Å². The minimum atomic E-state index is -0.138. The van der Waals surface area contributed by atoms with E-state index in [2.05, 4.69) is 42.8 Å². The van der Waals surface area contributed by atoms with Gasteiger partial charge in [0.15, 0.2) is 0 Å². The van der Waals surface area contributed by atoms with E-state index in [9.17, 15) is 19.5 Å². The highest BCUT2D eigenvalue weighted by molar-refractivity contribution is 5.75. The quantitative estimate of drug-likeness (QED) is 0.0353. The minimum Gasteiger partial charge on any atom is -0.465 e. The van der Waals surface area contributed by atoms with Crippen LogP contribution >= 0.6 is 0 Å². The molecule has 0 heterocycles. The third-order valence-corrected chi connectivity index (χ3v) is 14.6. The second kappa shape index (κ2) is 47.9. The van der Waals surface area contributed by atoms with Crippen LogP contribution in [0, 0.1) is 11.8 Å². The Morgan fingerprint density at radius 2 is 0.881 bits per heavy atom. The summed E-state index contributed by atoms with van der Waals surface area (Å²) in [6.45, 7) is 15.5. The minimum absolute atomic E-state index is 0.00806. The number of hydrogen-bond acceptors (Lipinski definition) is 8. The number of carbonyl (C=O) groups is 3. The molecule has 1 aliphatic rings. The second-order valence-corrected chi connectivity index (χ2v) is 20.9. The van der Waals surface area contributed by atoms with Crippen molar-refractivity contribution in [1.82, 2.24) is 15.1 Å². The fourth-order valence-electron chi connectivity index (χ4n) is 10.1. The first-order valence-corrected chi connectivity index (χ1v) is 29.5. The molecule has 9 heteroatoms. The van der Waals surface area contributed by atoms with Gasteiger partial charge in [0.1, 0.15) is 0 Å². The van der Waals surface area contributed by atoms with E-state index in [-0.39, 0.29) is 30.4 Å². The Labute approximate surface area is 415 Å². The van der Waals surface area contributed by atoms with Gasteiger partial charge in [-0.1, -0.05) is 182 Å². The SMILES string of the molecule is CCCCCCCCC(CCCCCC)CNC(=O)CCCCCN(CCCCN(CCO)CCCCC(COC(=O)CCCCCCC)COC(=O)CCCCCCC)C1CCCCCC1. The first-order valence-electron chi connectivity index (χ1n) is 29.5. The van der Waals surface area contributed by atoms with E-state index in [0.29, 0.717) is 51.0 Å². The van der Waals surface area contributed by atoms with Crippen LogP contribution in [0.2, 0.25) is 0 Å². The molecule has 0 aromatic heterocycles. The number of hydrogen-bond donors (Lipinski definition) is 2. The van der Waals surface area contributed by atoms with Crippen molar-refractivity contribution in [3.05, 3.63) is 0 Å². The standard InChI is InChI=1S/C58H113N3O6/c1-5-9-13-17-20-25-37-53(36-24-16-12-8-4)50-59-56(63)41-28-23-32-46-61(55-39-26-21-22-27-40-55)47-35-34-45-60(48-49-62)44-33-31-38-54(51-66-57(64)42-29-18-14-10-6-2)52-67-58(65)43-30-19-15-11-7-3/h53-55,62H,5-52H2,1-4H3,(H,59,63). The molecule has 0 bridgehead atoms. The zero-order chi connectivity index (χ0) is 48.7. The zero-order valence-corrected chi connectivity index (χ0v) is 45.1. The predicted molar refractivity (Wildman–Crippen MR) is 284 cm³/mol. The topological polar surface area (TPSA) is 108 Å². The van der Waals surface area contributed by atoms with Crippen molar-refractivity contribution in [2.45, 2.75) is 284 Å². The van der Waals surface area contributed by atoms with Crippen LogP contribution < -0.4 is 5.32 Å². The Balaban J connectivity index is 2.56. The van der Waals surface area contributed by atoms with Crippen LogP contribution in [0.5, 0.6) is 0 Å². The second-order valence-electron chi connectivity index (χ2n) is 20.9. The highest BCUT2D eigenvalue weighted by Gasteiger charge is 2.21. The number of amides is 1. The summed E-state index contributed by atoms with van der Waals surface area (Å²) in [5, 5.41) is 13.3. The lowest BCUT2D eigenvalue weighted by molar-refractivity contribution is -0.149. The number of nitrogens with zero attached hydrogens (tertiary/aromatic N) is 2. The van der Waals surface area contributed by atoms with Crippen molar-refractivity contribution in [2.75, 3.05) is 59.1 Å². The molecule has 1 atom stereocenters. The fourth-order valence-corrected chi connectivity index (χ4v) is 10.1. The van der Waals surface area contributed by atoms with Crippen LogP contribution in [-0.2, 0) is 23.9 Å². The normalized spacial score (nSPS) is 14.0. The van der Waals surface area contributed by atoms with Crippen LogP contribution in [0.4, 0.5) is 0 Å². The molecule has 2 N–H and O–H groups in total. The predicted octanol–water partition coefficient (Wildman–Crippen LogP) is 14.7. The average Bonchev–Trinajstić information content (AvgIpc) is 3.62. The third kappa shape index (κ3) is 39.7. The summed E-state index contributed by atoms with van der Waals surface area (Å²) in [6.07, 6.45) is 44.7. The number of aliphatic hydroxyl groups is 1. The number of unbranched alkanes of at least 4 members (excludes halogenated alkanes) is 20. The number of rotatable bonds is 49. The van der Waals surface area contributed by atoms with Gasteiger partial charge in [0, 0.05) is 44.3 Å². The fraction of sp³-hybridized carbons (Fsp3) is 0.948. The molecular formula is C58H113N3O6. The smallest absolute Gasteiger partial charge is 0.305 e. The Hall–Kier alpha value is -1.71. The van der Waals surface area contributed by atoms with Gasteiger partial charge < -0.3 is 29.7 Å². The summed E-state index contributed by atoms with van der Waals surface area (Å²) in [5.41, 5.74) is 0. The Kier molecular flexibility index (Phi) is 45.3. The Morgan fingerprint density at radius 3 is 1.42 bits per heavy atom. The van der Waals surface area contributed by atoms with E-state index in [1.165, 1.54) is 141 Å². The molecule has 1 aliphatic carbocycles. The highest BCUT2D eigenvalue weighted by atomic mass is 16.5. The molecular weight excluding hydrogens is 835 g/mol. The Morgan fingerprint density at radius 1 is 0.478 bits per heavy atom. The van der Waals surface area contributed by atoms with Gasteiger partial charge in [-0.05, 0) is 109 Å². The molecule has 0 spiro atoms. The maximum Gasteiger partial charge on any atom is 0.305 e. The number of carbonyl (C=O) groups excluding carboxylic acids is 3. The molecule has 1 unspecified atom stereocenters. The number of nitrogens with one attached hydrogen (secondary N) is 1. The van der Waals surface area contributed by atoms with Crippen LogP contribution in [0.3, 0.4) is 0 Å². The van der Waals surface area contributed by atoms with E-state index in [0.717, 1.165) is 123 Å². The van der Waals surface area contributed by atoms with Gasteiger partial charge >= 0.3 is 11.9 Å². The summed E-state index contributed by atoms with van der Waals surface area (Å²) in [6, 6.07) is 0.684. The van der Waals surface area contributed by atoms with Gasteiger partial charge in [-0.15, -0.1) is 0 Å². The number of esters is 2. The van der Waals surface area contributed by atoms with Gasteiger partial charge in [-0.3, -0.25) is 14.4 Å². The molecule has 0 aromatic carbocycles. The van der Waals surface area contributed by atoms with Crippen molar-refractivity contribution < 1.29 is 29.0 Å². The van der Waals surface area contributed by atoms with Crippen LogP contribution in [0.1, 0.15) is 278 Å². The van der Waals surface area contributed by atoms with E-state index in [1.807, 2.05) is 0 Å². The molecule has 1 saturated carbocycles. The van der Waals surface area contributed by atoms with Gasteiger partial charge in [0.25, 0.3) is 0 Å². The van der Waals surface area contributed by atoms with Crippen molar-refractivity contribution in [1.29, 1.82) is 0 Å². The third-order valence-electron chi connectivity index (χ3n) is 14.6. The maximum atomic E-state index is 13.0. The lowest BCUT2D eigenvalue weighted by atomic mass is 9.94. The zero-order valence-electron chi connectivity index (χ0n) is 45.1. The van der Waals surface area contributed by atoms with E-state index in [4.69, 9.17) is 9.47 Å². The molecule has 0 aliphatic heterocycles. The molecule has 9 nitrogen and oxygen atoms in total. The number of ether oxygens (including phenoxy) is 2. The molecule has 0 saturated heterocycles. The molecule has 0 radical (unpaired) electrons. The van der Waals surface area contributed by atoms with Crippen LogP contribution in [0.25, 0.3) is 0 Å². The van der Waals surface area contributed by atoms with Crippen LogP contribution in [-0.4, -0.2) is 97.9 Å². The Bertz CT molecular complexity index is 1070. The van der Waals surface area contributed by atoms with Crippen LogP contribution in [0.15, 0.2) is 0 Å². The van der Waals surface area contributed by atoms with E-state index in [1.54, 1.807) is 0 Å². The van der Waals surface area contributed by atoms with Gasteiger partial charge in [0.2, 0.25) is 5.91 Å². The summed E-state index contributed by atoms with van der Waals surface area (Å²) >= 11 is 0. The summed E-state index contributed by atoms with van der Waals surface area (Å²) in [5.74, 6) is 0.615. The highest BCUT2D eigenvalue weighted by Crippen LogP contribution is 2.24. The largest absolute Gasteiger partial charge is 0.465 e. The van der Waals surface area contributed by atoms with Gasteiger partial charge in [-0.25, -0.2) is 0 Å².